The Morgan fingerprint density at radius 3 is 2.41 bits per heavy atom. The van der Waals surface area contributed by atoms with Gasteiger partial charge in [-0.3, -0.25) is 4.90 Å². The summed E-state index contributed by atoms with van der Waals surface area (Å²) in [5, 5.41) is 4.16. The number of benzene rings is 2. The minimum Gasteiger partial charge on any atom is -0.497 e. The van der Waals surface area contributed by atoms with Gasteiger partial charge in [-0.05, 0) is 31.0 Å². The van der Waals surface area contributed by atoms with Crippen LogP contribution in [-0.2, 0) is 6.42 Å². The highest BCUT2D eigenvalue weighted by Crippen LogP contribution is 2.23. The SMILES string of the molecule is COc1ccc(CCN2CCN(C(C)c3nc(-c4ccccc4)no3)CC2)cc1. The Morgan fingerprint density at radius 2 is 1.72 bits per heavy atom. The molecule has 0 N–H and O–H groups in total. The van der Waals surface area contributed by atoms with E-state index in [9.17, 15) is 0 Å². The van der Waals surface area contributed by atoms with Crippen LogP contribution < -0.4 is 4.74 Å². The van der Waals surface area contributed by atoms with Gasteiger partial charge in [0.25, 0.3) is 0 Å². The molecular formula is C23H28N4O2. The Labute approximate surface area is 172 Å². The third kappa shape index (κ3) is 4.83. The number of methoxy groups -OCH3 is 1. The van der Waals surface area contributed by atoms with Crippen molar-refractivity contribution in [1.29, 1.82) is 0 Å². The van der Waals surface area contributed by atoms with Crippen molar-refractivity contribution in [3.05, 3.63) is 66.1 Å². The third-order valence-corrected chi connectivity index (χ3v) is 5.66. The van der Waals surface area contributed by atoms with Crippen LogP contribution in [-0.4, -0.2) is 59.8 Å². The van der Waals surface area contributed by atoms with E-state index in [0.717, 1.165) is 50.5 Å². The first-order valence-corrected chi connectivity index (χ1v) is 10.2. The maximum Gasteiger partial charge on any atom is 0.244 e. The Hall–Kier alpha value is -2.70. The number of ether oxygens (including phenoxy) is 1. The third-order valence-electron chi connectivity index (χ3n) is 5.66. The molecule has 29 heavy (non-hydrogen) atoms. The lowest BCUT2D eigenvalue weighted by Gasteiger charge is -2.36. The number of hydrogen-bond donors (Lipinski definition) is 0. The van der Waals surface area contributed by atoms with Crippen LogP contribution in [0.25, 0.3) is 11.4 Å². The average Bonchev–Trinajstić information content (AvgIpc) is 3.29. The fourth-order valence-electron chi connectivity index (χ4n) is 3.72. The van der Waals surface area contributed by atoms with Crippen molar-refractivity contribution in [2.45, 2.75) is 19.4 Å². The predicted octanol–water partition coefficient (Wildman–Crippen LogP) is 3.67. The molecule has 6 heteroatoms. The van der Waals surface area contributed by atoms with Gasteiger partial charge < -0.3 is 14.2 Å². The van der Waals surface area contributed by atoms with Crippen LogP contribution in [0.1, 0.15) is 24.4 Å². The van der Waals surface area contributed by atoms with E-state index >= 15 is 0 Å². The molecule has 0 saturated carbocycles. The zero-order valence-corrected chi connectivity index (χ0v) is 17.1. The first-order chi connectivity index (χ1) is 14.2. The smallest absolute Gasteiger partial charge is 0.244 e. The molecule has 0 amide bonds. The van der Waals surface area contributed by atoms with Gasteiger partial charge in [0.05, 0.1) is 13.2 Å². The second kappa shape index (κ2) is 9.20. The summed E-state index contributed by atoms with van der Waals surface area (Å²) in [7, 11) is 1.70. The molecule has 152 valence electrons. The fraction of sp³-hybridized carbons (Fsp3) is 0.391. The highest BCUT2D eigenvalue weighted by molar-refractivity contribution is 5.53. The quantitative estimate of drug-likeness (QED) is 0.612. The number of aromatic nitrogens is 2. The summed E-state index contributed by atoms with van der Waals surface area (Å²) in [6, 6.07) is 18.5. The van der Waals surface area contributed by atoms with Gasteiger partial charge in [-0.2, -0.15) is 4.98 Å². The van der Waals surface area contributed by atoms with Crippen molar-refractivity contribution in [1.82, 2.24) is 19.9 Å². The van der Waals surface area contributed by atoms with Crippen LogP contribution in [0, 0.1) is 0 Å². The van der Waals surface area contributed by atoms with Gasteiger partial charge in [0.2, 0.25) is 11.7 Å². The minimum absolute atomic E-state index is 0.128. The monoisotopic (exact) mass is 392 g/mol. The average molecular weight is 393 g/mol. The van der Waals surface area contributed by atoms with Crippen molar-refractivity contribution in [3.63, 3.8) is 0 Å². The van der Waals surface area contributed by atoms with E-state index in [1.807, 2.05) is 42.5 Å². The molecule has 0 radical (unpaired) electrons. The fourth-order valence-corrected chi connectivity index (χ4v) is 3.72. The lowest BCUT2D eigenvalue weighted by molar-refractivity contribution is 0.0890. The molecule has 4 rings (SSSR count). The van der Waals surface area contributed by atoms with Gasteiger partial charge in [0.1, 0.15) is 5.75 Å². The summed E-state index contributed by atoms with van der Waals surface area (Å²) in [6.07, 6.45) is 1.06. The van der Waals surface area contributed by atoms with Gasteiger partial charge in [0.15, 0.2) is 0 Å². The van der Waals surface area contributed by atoms with Crippen LogP contribution in [0.2, 0.25) is 0 Å². The maximum absolute atomic E-state index is 5.56. The van der Waals surface area contributed by atoms with E-state index in [1.165, 1.54) is 5.56 Å². The van der Waals surface area contributed by atoms with Crippen LogP contribution in [0.15, 0.2) is 59.1 Å². The maximum atomic E-state index is 5.56. The Bertz CT molecular complexity index is 887. The zero-order valence-electron chi connectivity index (χ0n) is 17.1. The zero-order chi connectivity index (χ0) is 20.1. The van der Waals surface area contributed by atoms with Crippen molar-refractivity contribution in [2.75, 3.05) is 39.8 Å². The van der Waals surface area contributed by atoms with Crippen LogP contribution in [0.3, 0.4) is 0 Å². The summed E-state index contributed by atoms with van der Waals surface area (Å²) in [6.45, 7) is 7.35. The van der Waals surface area contributed by atoms with E-state index in [2.05, 4.69) is 39.0 Å². The number of nitrogens with zero attached hydrogens (tertiary/aromatic N) is 4. The molecule has 1 aliphatic rings. The molecule has 6 nitrogen and oxygen atoms in total. The summed E-state index contributed by atoms with van der Waals surface area (Å²) >= 11 is 0. The van der Waals surface area contributed by atoms with Gasteiger partial charge in [0, 0.05) is 38.3 Å². The van der Waals surface area contributed by atoms with Crippen LogP contribution >= 0.6 is 0 Å². The lowest BCUT2D eigenvalue weighted by atomic mass is 10.1. The summed E-state index contributed by atoms with van der Waals surface area (Å²) in [5.74, 6) is 2.26. The second-order valence-electron chi connectivity index (χ2n) is 7.47. The molecule has 1 fully saturated rings. The number of rotatable bonds is 7. The van der Waals surface area contributed by atoms with E-state index in [1.54, 1.807) is 7.11 Å². The molecule has 1 saturated heterocycles. The Balaban J connectivity index is 1.27. The summed E-state index contributed by atoms with van der Waals surface area (Å²) < 4.78 is 10.8. The molecule has 2 aromatic carbocycles. The van der Waals surface area contributed by atoms with Gasteiger partial charge in [-0.25, -0.2) is 0 Å². The predicted molar refractivity (Wildman–Crippen MR) is 113 cm³/mol. The van der Waals surface area contributed by atoms with E-state index in [4.69, 9.17) is 9.26 Å². The molecular weight excluding hydrogens is 364 g/mol. The first kappa shape index (κ1) is 19.6. The standard InChI is InChI=1S/C23H28N4O2/c1-18(23-24-22(25-29-23)20-6-4-3-5-7-20)27-16-14-26(15-17-27)13-12-19-8-10-21(28-2)11-9-19/h3-11,18H,12-17H2,1-2H3. The highest BCUT2D eigenvalue weighted by atomic mass is 16.5. The topological polar surface area (TPSA) is 54.6 Å². The molecule has 0 aliphatic carbocycles. The summed E-state index contributed by atoms with van der Waals surface area (Å²) in [5.41, 5.74) is 2.33. The van der Waals surface area contributed by atoms with Crippen LogP contribution in [0.4, 0.5) is 0 Å². The largest absolute Gasteiger partial charge is 0.497 e. The Morgan fingerprint density at radius 1 is 1.00 bits per heavy atom. The molecule has 1 atom stereocenters. The summed E-state index contributed by atoms with van der Waals surface area (Å²) in [4.78, 5) is 9.57. The molecule has 0 spiro atoms. The normalized spacial score (nSPS) is 16.6. The van der Waals surface area contributed by atoms with Gasteiger partial charge in [-0.1, -0.05) is 47.6 Å². The molecule has 3 aromatic rings. The molecule has 1 aliphatic heterocycles. The lowest BCUT2D eigenvalue weighted by Crippen LogP contribution is -2.47. The van der Waals surface area contributed by atoms with E-state index in [-0.39, 0.29) is 6.04 Å². The van der Waals surface area contributed by atoms with Crippen molar-refractivity contribution >= 4 is 0 Å². The van der Waals surface area contributed by atoms with E-state index < -0.39 is 0 Å². The van der Waals surface area contributed by atoms with Crippen LogP contribution in [0.5, 0.6) is 5.75 Å². The number of piperazine rings is 1. The molecule has 1 unspecified atom stereocenters. The second-order valence-corrected chi connectivity index (χ2v) is 7.47. The van der Waals surface area contributed by atoms with Crippen molar-refractivity contribution in [3.8, 4) is 17.1 Å². The first-order valence-electron chi connectivity index (χ1n) is 10.2. The van der Waals surface area contributed by atoms with Gasteiger partial charge in [-0.15, -0.1) is 0 Å². The minimum atomic E-state index is 0.128. The van der Waals surface area contributed by atoms with Crippen molar-refractivity contribution < 1.29 is 9.26 Å². The molecule has 1 aromatic heterocycles. The molecule has 0 bridgehead atoms. The Kier molecular flexibility index (Phi) is 6.22. The van der Waals surface area contributed by atoms with E-state index in [0.29, 0.717) is 11.7 Å². The van der Waals surface area contributed by atoms with Gasteiger partial charge >= 0.3 is 0 Å². The number of hydrogen-bond acceptors (Lipinski definition) is 6. The highest BCUT2D eigenvalue weighted by Gasteiger charge is 2.25. The van der Waals surface area contributed by atoms with Crippen molar-refractivity contribution in [2.24, 2.45) is 0 Å². The molecule has 2 heterocycles.